The minimum atomic E-state index is -0.975. The van der Waals surface area contributed by atoms with Gasteiger partial charge in [0.05, 0.1) is 17.6 Å². The first-order valence-corrected chi connectivity index (χ1v) is 3.51. The molecular weight excluding hydrogens is 114 g/mol. The summed E-state index contributed by atoms with van der Waals surface area (Å²) in [6.45, 7) is 0.447. The van der Waals surface area contributed by atoms with E-state index in [-0.39, 0.29) is 6.61 Å². The van der Waals surface area contributed by atoms with Crippen molar-refractivity contribution >= 4 is 11.0 Å². The van der Waals surface area contributed by atoms with E-state index in [0.717, 1.165) is 0 Å². The third kappa shape index (κ3) is 6.07. The summed E-state index contributed by atoms with van der Waals surface area (Å²) in [5.74, 6) is 0. The summed E-state index contributed by atoms with van der Waals surface area (Å²) < 4.78 is 12.6. The van der Waals surface area contributed by atoms with Crippen molar-refractivity contribution in [3.63, 3.8) is 0 Å². The van der Waals surface area contributed by atoms with E-state index in [2.05, 4.69) is 4.72 Å². The molecule has 3 nitrogen and oxygen atoms in total. The molecule has 0 rings (SSSR count). The van der Waals surface area contributed by atoms with Crippen molar-refractivity contribution in [2.45, 2.75) is 0 Å². The number of hydrogen-bond acceptors (Lipinski definition) is 2. The Morgan fingerprint density at radius 2 is 2.43 bits per heavy atom. The van der Waals surface area contributed by atoms with Crippen molar-refractivity contribution in [2.75, 3.05) is 19.4 Å². The molecule has 0 aromatic carbocycles. The Hall–Kier alpha value is 0.0700. The topological polar surface area (TPSA) is 49.3 Å². The first-order valence-electron chi connectivity index (χ1n) is 1.95. The molecule has 0 amide bonds. The fourth-order valence-electron chi connectivity index (χ4n) is 0.189. The van der Waals surface area contributed by atoms with Crippen LogP contribution in [0, 0.1) is 0 Å². The third-order valence-corrected chi connectivity index (χ3v) is 1.03. The van der Waals surface area contributed by atoms with Gasteiger partial charge in [0.15, 0.2) is 0 Å². The Balaban J connectivity index is 2.82. The molecule has 4 heteroatoms. The first-order chi connectivity index (χ1) is 3.27. The molecule has 0 spiro atoms. The highest BCUT2D eigenvalue weighted by Gasteiger charge is 1.82. The molecule has 0 heterocycles. The van der Waals surface area contributed by atoms with Gasteiger partial charge in [-0.15, -0.1) is 0 Å². The molecule has 0 aliphatic heterocycles. The van der Waals surface area contributed by atoms with Gasteiger partial charge in [-0.05, 0) is 0 Å². The smallest absolute Gasteiger partial charge is 0.0884 e. The first kappa shape index (κ1) is 7.07. The molecule has 1 atom stereocenters. The van der Waals surface area contributed by atoms with Gasteiger partial charge in [-0.25, -0.2) is 8.93 Å². The Morgan fingerprint density at radius 1 is 1.86 bits per heavy atom. The molecule has 0 aromatic rings. The van der Waals surface area contributed by atoms with Gasteiger partial charge in [0, 0.05) is 12.8 Å². The van der Waals surface area contributed by atoms with Crippen LogP contribution in [0.25, 0.3) is 0 Å². The fraction of sp³-hybridized carbons (Fsp3) is 1.00. The van der Waals surface area contributed by atoms with Gasteiger partial charge < -0.3 is 5.11 Å². The van der Waals surface area contributed by atoms with Crippen LogP contribution >= 0.6 is 0 Å². The standard InChI is InChI=1S/C3H9NO2S/c1-7(6)4-2-3-5/h4-5H,2-3H2,1H3. The van der Waals surface area contributed by atoms with Crippen LogP contribution in [0.5, 0.6) is 0 Å². The molecule has 0 radical (unpaired) electrons. The number of aliphatic hydroxyl groups excluding tert-OH is 1. The van der Waals surface area contributed by atoms with Crippen molar-refractivity contribution in [3.8, 4) is 0 Å². The average molecular weight is 123 g/mol. The van der Waals surface area contributed by atoms with Crippen molar-refractivity contribution in [2.24, 2.45) is 0 Å². The molecule has 0 aromatic heterocycles. The second-order valence-corrected chi connectivity index (χ2v) is 2.27. The molecular formula is C3H9NO2S. The number of hydrogen-bond donors (Lipinski definition) is 2. The second kappa shape index (κ2) is 4.23. The summed E-state index contributed by atoms with van der Waals surface area (Å²) in [5.41, 5.74) is 0. The lowest BCUT2D eigenvalue weighted by Crippen LogP contribution is -2.19. The predicted molar refractivity (Wildman–Crippen MR) is 29.2 cm³/mol. The van der Waals surface area contributed by atoms with Crippen molar-refractivity contribution in [1.29, 1.82) is 0 Å². The van der Waals surface area contributed by atoms with Gasteiger partial charge >= 0.3 is 0 Å². The SMILES string of the molecule is CS(=O)NCCO. The van der Waals surface area contributed by atoms with Crippen LogP contribution in [-0.2, 0) is 11.0 Å². The highest BCUT2D eigenvalue weighted by Crippen LogP contribution is 1.59. The van der Waals surface area contributed by atoms with E-state index >= 15 is 0 Å². The summed E-state index contributed by atoms with van der Waals surface area (Å²) in [6.07, 6.45) is 1.52. The van der Waals surface area contributed by atoms with Crippen molar-refractivity contribution < 1.29 is 9.32 Å². The average Bonchev–Trinajstić information content (AvgIpc) is 1.61. The molecule has 0 fully saturated rings. The maximum Gasteiger partial charge on any atom is 0.0884 e. The van der Waals surface area contributed by atoms with Crippen molar-refractivity contribution in [3.05, 3.63) is 0 Å². The number of nitrogens with one attached hydrogen (secondary N) is 1. The van der Waals surface area contributed by atoms with Crippen LogP contribution in [0.15, 0.2) is 0 Å². The molecule has 1 unspecified atom stereocenters. The Morgan fingerprint density at radius 3 is 2.57 bits per heavy atom. The maximum absolute atomic E-state index is 10.1. The highest BCUT2D eigenvalue weighted by molar-refractivity contribution is 7.82. The monoisotopic (exact) mass is 123 g/mol. The lowest BCUT2D eigenvalue weighted by atomic mass is 10.8. The van der Waals surface area contributed by atoms with Gasteiger partial charge in [0.25, 0.3) is 0 Å². The molecule has 0 aliphatic rings. The molecule has 0 saturated carbocycles. The maximum atomic E-state index is 10.1. The highest BCUT2D eigenvalue weighted by atomic mass is 32.2. The van der Waals surface area contributed by atoms with Crippen LogP contribution in [0.2, 0.25) is 0 Å². The van der Waals surface area contributed by atoms with Gasteiger partial charge in [-0.3, -0.25) is 0 Å². The minimum Gasteiger partial charge on any atom is -0.395 e. The molecule has 0 saturated heterocycles. The number of aliphatic hydroxyl groups is 1. The Kier molecular flexibility index (Phi) is 4.28. The molecule has 0 bridgehead atoms. The van der Waals surface area contributed by atoms with E-state index in [9.17, 15) is 4.21 Å². The van der Waals surface area contributed by atoms with E-state index in [0.29, 0.717) is 6.54 Å². The van der Waals surface area contributed by atoms with Gasteiger partial charge in [0.1, 0.15) is 0 Å². The summed E-state index contributed by atoms with van der Waals surface area (Å²) in [6, 6.07) is 0. The fourth-order valence-corrected chi connectivity index (χ4v) is 0.568. The largest absolute Gasteiger partial charge is 0.395 e. The predicted octanol–water partition coefficient (Wildman–Crippen LogP) is -1.14. The Bertz CT molecular complexity index is 66.0. The zero-order valence-electron chi connectivity index (χ0n) is 4.18. The van der Waals surface area contributed by atoms with E-state index in [1.54, 1.807) is 0 Å². The van der Waals surface area contributed by atoms with E-state index in [1.807, 2.05) is 0 Å². The van der Waals surface area contributed by atoms with Crippen LogP contribution in [0.1, 0.15) is 0 Å². The summed E-state index contributed by atoms with van der Waals surface area (Å²) in [4.78, 5) is 0. The van der Waals surface area contributed by atoms with Crippen LogP contribution in [-0.4, -0.2) is 28.7 Å². The lowest BCUT2D eigenvalue weighted by molar-refractivity contribution is 0.302. The van der Waals surface area contributed by atoms with Crippen LogP contribution in [0.3, 0.4) is 0 Å². The summed E-state index contributed by atoms with van der Waals surface area (Å²) in [5, 5.41) is 8.12. The summed E-state index contributed by atoms with van der Waals surface area (Å²) >= 11 is 0. The third-order valence-electron chi connectivity index (χ3n) is 0.417. The quantitative estimate of drug-likeness (QED) is 0.498. The zero-order valence-corrected chi connectivity index (χ0v) is 4.99. The number of rotatable bonds is 3. The van der Waals surface area contributed by atoms with Gasteiger partial charge in [-0.2, -0.15) is 0 Å². The van der Waals surface area contributed by atoms with Crippen LogP contribution in [0.4, 0.5) is 0 Å². The second-order valence-electron chi connectivity index (χ2n) is 1.07. The zero-order chi connectivity index (χ0) is 5.70. The normalized spacial score (nSPS) is 14.0. The van der Waals surface area contributed by atoms with E-state index in [4.69, 9.17) is 5.11 Å². The van der Waals surface area contributed by atoms with Gasteiger partial charge in [0.2, 0.25) is 0 Å². The lowest BCUT2D eigenvalue weighted by Gasteiger charge is -1.92. The van der Waals surface area contributed by atoms with Crippen LogP contribution < -0.4 is 4.72 Å². The van der Waals surface area contributed by atoms with Gasteiger partial charge in [-0.1, -0.05) is 0 Å². The van der Waals surface area contributed by atoms with E-state index < -0.39 is 11.0 Å². The van der Waals surface area contributed by atoms with Crippen molar-refractivity contribution in [1.82, 2.24) is 4.72 Å². The Labute approximate surface area is 45.3 Å². The minimum absolute atomic E-state index is 0.0413. The molecule has 0 aliphatic carbocycles. The molecule has 2 N–H and O–H groups in total. The molecule has 7 heavy (non-hydrogen) atoms. The molecule has 44 valence electrons. The van der Waals surface area contributed by atoms with E-state index in [1.165, 1.54) is 6.26 Å². The summed E-state index contributed by atoms with van der Waals surface area (Å²) in [7, 11) is -0.975.